The lowest BCUT2D eigenvalue weighted by Crippen LogP contribution is -2.32. The summed E-state index contributed by atoms with van der Waals surface area (Å²) in [6, 6.07) is 96.1. The zero-order valence-electron chi connectivity index (χ0n) is 37.2. The van der Waals surface area contributed by atoms with Gasteiger partial charge < -0.3 is 9.64 Å². The van der Waals surface area contributed by atoms with Gasteiger partial charge in [0.05, 0.1) is 16.5 Å². The van der Waals surface area contributed by atoms with Gasteiger partial charge in [-0.05, 0) is 114 Å². The largest absolute Gasteiger partial charge is 0.457 e. The van der Waals surface area contributed by atoms with Gasteiger partial charge in [0, 0.05) is 28.1 Å². The van der Waals surface area contributed by atoms with Crippen molar-refractivity contribution in [2.75, 3.05) is 4.90 Å². The van der Waals surface area contributed by atoms with E-state index in [1.807, 2.05) is 0 Å². The van der Waals surface area contributed by atoms with Crippen molar-refractivity contribution >= 4 is 27.8 Å². The minimum atomic E-state index is -0.670. The van der Waals surface area contributed by atoms with Crippen molar-refractivity contribution < 1.29 is 4.74 Å². The lowest BCUT2D eigenvalue weighted by molar-refractivity contribution is 0.438. The molecule has 0 fully saturated rings. The molecule has 0 aromatic heterocycles. The number of nitrogens with zero attached hydrogens (tertiary/aromatic N) is 1. The molecule has 1 heterocycles. The Morgan fingerprint density at radius 3 is 1.63 bits per heavy atom. The highest BCUT2D eigenvalue weighted by atomic mass is 16.5. The van der Waals surface area contributed by atoms with Crippen LogP contribution < -0.4 is 9.64 Å². The van der Waals surface area contributed by atoms with Gasteiger partial charge in [-0.3, -0.25) is 0 Å². The van der Waals surface area contributed by atoms with Crippen molar-refractivity contribution in [2.24, 2.45) is 0 Å². The molecule has 0 saturated carbocycles. The Kier molecular flexibility index (Phi) is 8.45. The van der Waals surface area contributed by atoms with Crippen LogP contribution >= 0.6 is 0 Å². The number of hydrogen-bond donors (Lipinski definition) is 0. The van der Waals surface area contributed by atoms with Gasteiger partial charge in [0.15, 0.2) is 0 Å². The number of fused-ring (bicyclic) bond motifs is 14. The average molecular weight is 866 g/mol. The fourth-order valence-electron chi connectivity index (χ4n) is 12.3. The number of anilines is 3. The van der Waals surface area contributed by atoms with Crippen LogP contribution in [-0.4, -0.2) is 0 Å². The standard InChI is InChI=1S/C66H43NO/c1-4-19-44(20-5-1)45-35-38-49(39-36-45)67(60-33-18-32-58-63(60)54-28-13-15-30-56(54)65(58,47-22-6-2-7-23-47)48-24-8-3-9-25-48)50-40-41-53-52-27-12-14-29-55(52)66(59(53)43-50)57-31-16-17-34-61(57)68-62-42-37-46-21-10-11-26-51(46)64(62)66/h1-43H. The van der Waals surface area contributed by atoms with Gasteiger partial charge in [0.2, 0.25) is 0 Å². The summed E-state index contributed by atoms with van der Waals surface area (Å²) in [4.78, 5) is 2.52. The van der Waals surface area contributed by atoms with Crippen molar-refractivity contribution in [3.63, 3.8) is 0 Å². The van der Waals surface area contributed by atoms with Crippen LogP contribution in [0, 0.1) is 0 Å². The predicted octanol–water partition coefficient (Wildman–Crippen LogP) is 16.8. The zero-order valence-corrected chi connectivity index (χ0v) is 37.2. The fraction of sp³-hybridized carbons (Fsp3) is 0.0303. The van der Waals surface area contributed by atoms with E-state index in [1.54, 1.807) is 0 Å². The van der Waals surface area contributed by atoms with Crippen LogP contribution in [0.4, 0.5) is 17.1 Å². The highest BCUT2D eigenvalue weighted by Crippen LogP contribution is 2.65. The van der Waals surface area contributed by atoms with Gasteiger partial charge in [-0.15, -0.1) is 0 Å². The molecular formula is C66H43NO. The van der Waals surface area contributed by atoms with Crippen LogP contribution in [0.2, 0.25) is 0 Å². The molecule has 2 aliphatic carbocycles. The second kappa shape index (κ2) is 14.9. The Bertz CT molecular complexity index is 3730. The van der Waals surface area contributed by atoms with Crippen LogP contribution in [0.1, 0.15) is 44.5 Å². The molecule has 0 saturated heterocycles. The third-order valence-corrected chi connectivity index (χ3v) is 15.0. The van der Waals surface area contributed by atoms with E-state index in [-0.39, 0.29) is 0 Å². The Morgan fingerprint density at radius 2 is 0.882 bits per heavy atom. The van der Waals surface area contributed by atoms with Crippen molar-refractivity contribution in [1.29, 1.82) is 0 Å². The first-order valence-electron chi connectivity index (χ1n) is 23.6. The number of rotatable bonds is 6. The topological polar surface area (TPSA) is 12.5 Å². The molecule has 1 aliphatic heterocycles. The molecule has 14 rings (SSSR count). The van der Waals surface area contributed by atoms with Crippen LogP contribution in [0.3, 0.4) is 0 Å². The molecule has 1 unspecified atom stereocenters. The quantitative estimate of drug-likeness (QED) is 0.165. The molecule has 318 valence electrons. The summed E-state index contributed by atoms with van der Waals surface area (Å²) in [5.74, 6) is 1.77. The van der Waals surface area contributed by atoms with E-state index >= 15 is 0 Å². The van der Waals surface area contributed by atoms with Crippen LogP contribution in [0.5, 0.6) is 11.5 Å². The Morgan fingerprint density at radius 1 is 0.324 bits per heavy atom. The summed E-state index contributed by atoms with van der Waals surface area (Å²) in [6.07, 6.45) is 0. The van der Waals surface area contributed by atoms with Gasteiger partial charge >= 0.3 is 0 Å². The van der Waals surface area contributed by atoms with Gasteiger partial charge in [-0.25, -0.2) is 0 Å². The van der Waals surface area contributed by atoms with Gasteiger partial charge in [0.25, 0.3) is 0 Å². The van der Waals surface area contributed by atoms with Gasteiger partial charge in [-0.2, -0.15) is 0 Å². The minimum Gasteiger partial charge on any atom is -0.457 e. The van der Waals surface area contributed by atoms with E-state index in [4.69, 9.17) is 4.74 Å². The highest BCUT2D eigenvalue weighted by Gasteiger charge is 2.52. The summed E-state index contributed by atoms with van der Waals surface area (Å²) < 4.78 is 6.93. The van der Waals surface area contributed by atoms with Crippen LogP contribution in [0.15, 0.2) is 261 Å². The summed E-state index contributed by atoms with van der Waals surface area (Å²) >= 11 is 0. The van der Waals surface area contributed by atoms with E-state index in [2.05, 4.69) is 266 Å². The Labute approximate surface area is 396 Å². The summed E-state index contributed by atoms with van der Waals surface area (Å²) in [5.41, 5.74) is 19.3. The van der Waals surface area contributed by atoms with E-state index in [0.29, 0.717) is 0 Å². The molecule has 11 aromatic carbocycles. The second-order valence-electron chi connectivity index (χ2n) is 18.3. The predicted molar refractivity (Wildman–Crippen MR) is 279 cm³/mol. The Balaban J connectivity index is 1.08. The third-order valence-electron chi connectivity index (χ3n) is 15.0. The van der Waals surface area contributed by atoms with Crippen molar-refractivity contribution in [2.45, 2.75) is 10.8 Å². The molecule has 1 atom stereocenters. The molecule has 0 radical (unpaired) electrons. The molecule has 2 heteroatoms. The maximum Gasteiger partial charge on any atom is 0.132 e. The van der Waals surface area contributed by atoms with Gasteiger partial charge in [-0.1, -0.05) is 218 Å². The summed E-state index contributed by atoms with van der Waals surface area (Å²) in [5, 5.41) is 2.38. The molecule has 0 N–H and O–H groups in total. The number of benzene rings is 11. The maximum atomic E-state index is 6.93. The minimum absolute atomic E-state index is 0.548. The SMILES string of the molecule is c1ccc(-c2ccc(N(c3ccc4c(c3)C3(c5ccccc5Oc5ccc6ccccc6c53)c3ccccc3-4)c3cccc4c3-c3ccccc3C4(c3ccccc3)c3ccccc3)cc2)cc1. The lowest BCUT2D eigenvalue weighted by Gasteiger charge is -2.40. The van der Waals surface area contributed by atoms with Crippen molar-refractivity contribution in [3.05, 3.63) is 305 Å². The van der Waals surface area contributed by atoms with Gasteiger partial charge in [0.1, 0.15) is 11.5 Å². The first kappa shape index (κ1) is 38.5. The summed E-state index contributed by atoms with van der Waals surface area (Å²) in [7, 11) is 0. The van der Waals surface area contributed by atoms with E-state index < -0.39 is 10.8 Å². The molecule has 3 aliphatic rings. The average Bonchev–Trinajstić information content (AvgIpc) is 3.88. The summed E-state index contributed by atoms with van der Waals surface area (Å²) in [6.45, 7) is 0. The van der Waals surface area contributed by atoms with E-state index in [0.717, 1.165) is 34.1 Å². The molecule has 68 heavy (non-hydrogen) atoms. The van der Waals surface area contributed by atoms with E-state index in [1.165, 1.54) is 83.1 Å². The fourth-order valence-corrected chi connectivity index (χ4v) is 12.3. The monoisotopic (exact) mass is 865 g/mol. The van der Waals surface area contributed by atoms with E-state index in [9.17, 15) is 0 Å². The lowest BCUT2D eigenvalue weighted by atomic mass is 9.65. The molecule has 0 amide bonds. The molecule has 11 aromatic rings. The normalized spacial score (nSPS) is 15.4. The number of ether oxygens (including phenoxy) is 1. The van der Waals surface area contributed by atoms with Crippen molar-refractivity contribution in [1.82, 2.24) is 0 Å². The maximum absolute atomic E-state index is 6.93. The smallest absolute Gasteiger partial charge is 0.132 e. The number of para-hydroxylation sites is 1. The molecule has 2 nitrogen and oxygen atoms in total. The van der Waals surface area contributed by atoms with Crippen molar-refractivity contribution in [3.8, 4) is 44.9 Å². The second-order valence-corrected chi connectivity index (χ2v) is 18.3. The first-order valence-corrected chi connectivity index (χ1v) is 23.6. The third kappa shape index (κ3) is 5.29. The highest BCUT2D eigenvalue weighted by molar-refractivity contribution is 6.01. The van der Waals surface area contributed by atoms with Crippen LogP contribution in [-0.2, 0) is 10.8 Å². The molecule has 0 bridgehead atoms. The first-order chi connectivity index (χ1) is 33.7. The van der Waals surface area contributed by atoms with Crippen LogP contribution in [0.25, 0.3) is 44.2 Å². The Hall–Kier alpha value is -8.72. The molecular weight excluding hydrogens is 823 g/mol. The number of hydrogen-bond acceptors (Lipinski definition) is 2. The zero-order chi connectivity index (χ0) is 44.8. The molecule has 1 spiro atoms.